The average molecular weight is 603 g/mol. The highest BCUT2D eigenvalue weighted by Crippen LogP contribution is 2.43. The summed E-state index contributed by atoms with van der Waals surface area (Å²) in [5, 5.41) is 0. The number of aromatic nitrogens is 2. The Labute approximate surface area is 253 Å². The van der Waals surface area contributed by atoms with Gasteiger partial charge in [0.1, 0.15) is 11.6 Å². The number of benzene rings is 3. The fourth-order valence-corrected chi connectivity index (χ4v) is 7.06. The number of amides is 1. The first-order chi connectivity index (χ1) is 20.3. The number of hydrogen-bond donors (Lipinski definition) is 1. The second-order valence-corrected chi connectivity index (χ2v) is 14.0. The second kappa shape index (κ2) is 12.1. The molecule has 9 heteroatoms. The zero-order valence-corrected chi connectivity index (χ0v) is 26.2. The summed E-state index contributed by atoms with van der Waals surface area (Å²) in [6, 6.07) is 18.5. The first-order valence-corrected chi connectivity index (χ1v) is 16.1. The van der Waals surface area contributed by atoms with Crippen molar-refractivity contribution in [2.75, 3.05) is 4.90 Å². The lowest BCUT2D eigenvalue weighted by Crippen LogP contribution is -2.37. The van der Waals surface area contributed by atoms with Crippen molar-refractivity contribution < 1.29 is 17.6 Å². The molecule has 1 aliphatic carbocycles. The van der Waals surface area contributed by atoms with E-state index in [2.05, 4.69) is 23.6 Å². The largest absolute Gasteiger partial charge is 0.337 e. The third-order valence-corrected chi connectivity index (χ3v) is 10.1. The zero-order chi connectivity index (χ0) is 30.9. The number of aryl methyl sites for hydroxylation is 2. The molecule has 0 saturated heterocycles. The number of anilines is 1. The molecule has 226 valence electrons. The molecule has 2 atom stereocenters. The van der Waals surface area contributed by atoms with E-state index in [1.807, 2.05) is 49.9 Å². The molecule has 5 rings (SSSR count). The van der Waals surface area contributed by atoms with Crippen LogP contribution in [0.5, 0.6) is 0 Å². The average Bonchev–Trinajstić information content (AvgIpc) is 3.37. The van der Waals surface area contributed by atoms with E-state index in [1.165, 1.54) is 12.1 Å². The van der Waals surface area contributed by atoms with Crippen LogP contribution in [0.3, 0.4) is 0 Å². The van der Waals surface area contributed by atoms with Crippen LogP contribution in [-0.2, 0) is 33.8 Å². The first kappa shape index (κ1) is 30.6. The molecule has 1 heterocycles. The quantitative estimate of drug-likeness (QED) is 0.232. The van der Waals surface area contributed by atoms with E-state index in [-0.39, 0.29) is 40.9 Å². The molecule has 0 aliphatic heterocycles. The number of carbonyl (C=O) groups is 1. The molecule has 1 aromatic heterocycles. The van der Waals surface area contributed by atoms with Crippen LogP contribution in [-0.4, -0.2) is 23.9 Å². The van der Waals surface area contributed by atoms with Gasteiger partial charge in [-0.2, -0.15) is 0 Å². The van der Waals surface area contributed by atoms with E-state index < -0.39 is 16.1 Å². The molecule has 0 spiro atoms. The summed E-state index contributed by atoms with van der Waals surface area (Å²) in [7, 11) is -1.89. The topological polar surface area (TPSA) is 84.3 Å². The normalized spacial score (nSPS) is 16.8. The third-order valence-electron chi connectivity index (χ3n) is 8.58. The lowest BCUT2D eigenvalue weighted by Gasteiger charge is -2.38. The Morgan fingerprint density at radius 3 is 2.47 bits per heavy atom. The zero-order valence-electron chi connectivity index (χ0n) is 25.3. The van der Waals surface area contributed by atoms with Crippen molar-refractivity contribution in [1.82, 2.24) is 14.3 Å². The maximum Gasteiger partial charge on any atom is 0.241 e. The minimum absolute atomic E-state index is 0.105. The number of hydrogen-bond acceptors (Lipinski definition) is 4. The molecule has 0 saturated carbocycles. The summed E-state index contributed by atoms with van der Waals surface area (Å²) in [6.45, 7) is 8.45. The molecule has 1 N–H and O–H groups in total. The highest BCUT2D eigenvalue weighted by molar-refractivity contribution is 7.89. The third kappa shape index (κ3) is 6.73. The summed E-state index contributed by atoms with van der Waals surface area (Å²) in [4.78, 5) is 20.4. The van der Waals surface area contributed by atoms with Gasteiger partial charge in [-0.25, -0.2) is 22.5 Å². The molecular formula is C34H39FN4O3S. The molecule has 0 bridgehead atoms. The Balaban J connectivity index is 1.50. The van der Waals surface area contributed by atoms with Gasteiger partial charge in [0.25, 0.3) is 0 Å². The molecule has 4 aromatic rings. The smallest absolute Gasteiger partial charge is 0.241 e. The van der Waals surface area contributed by atoms with Gasteiger partial charge in [0.05, 0.1) is 11.4 Å². The number of imidazole rings is 1. The van der Waals surface area contributed by atoms with E-state index in [4.69, 9.17) is 0 Å². The van der Waals surface area contributed by atoms with Gasteiger partial charge in [0, 0.05) is 37.6 Å². The van der Waals surface area contributed by atoms with Gasteiger partial charge in [0.2, 0.25) is 15.9 Å². The Kier molecular flexibility index (Phi) is 8.58. The van der Waals surface area contributed by atoms with Crippen molar-refractivity contribution >= 4 is 21.6 Å². The van der Waals surface area contributed by atoms with E-state index in [0.29, 0.717) is 12.1 Å². The van der Waals surface area contributed by atoms with Crippen molar-refractivity contribution in [3.8, 4) is 0 Å². The van der Waals surface area contributed by atoms with Crippen molar-refractivity contribution in [2.24, 2.45) is 7.05 Å². The van der Waals surface area contributed by atoms with Crippen LogP contribution < -0.4 is 9.62 Å². The van der Waals surface area contributed by atoms with Crippen LogP contribution in [0, 0.1) is 12.7 Å². The second-order valence-electron chi connectivity index (χ2n) is 12.3. The van der Waals surface area contributed by atoms with E-state index in [1.54, 1.807) is 47.5 Å². The predicted molar refractivity (Wildman–Crippen MR) is 167 cm³/mol. The summed E-state index contributed by atoms with van der Waals surface area (Å²) in [5.41, 5.74) is 4.31. The number of halogens is 1. The number of rotatable bonds is 9. The van der Waals surface area contributed by atoms with Crippen LogP contribution in [0.1, 0.15) is 80.1 Å². The summed E-state index contributed by atoms with van der Waals surface area (Å²) >= 11 is 0. The van der Waals surface area contributed by atoms with Crippen LogP contribution in [0.15, 0.2) is 84.0 Å². The standard InChI is InChI=1S/C34H39FN4O3S/c1-23-6-13-28(14-7-23)43(41,42)37-31-16-17-34(3,4)30-15-12-27(21-29(30)31)39(22-32-36-18-19-38(32)5)33(40)20-24(2)25-8-10-26(35)11-9-25/h6-15,18-19,21,24,31,37H,16-17,20,22H2,1-5H3/t24-,31-/m1/s1. The number of sulfonamides is 1. The number of fused-ring (bicyclic) bond motifs is 1. The van der Waals surface area contributed by atoms with Crippen LogP contribution >= 0.6 is 0 Å². The van der Waals surface area contributed by atoms with Gasteiger partial charge < -0.3 is 9.47 Å². The van der Waals surface area contributed by atoms with Gasteiger partial charge in [-0.15, -0.1) is 0 Å². The SMILES string of the molecule is Cc1ccc(S(=O)(=O)N[C@@H]2CCC(C)(C)c3ccc(N(Cc4nccn4C)C(=O)C[C@@H](C)c4ccc(F)cc4)cc32)cc1. The molecule has 1 amide bonds. The molecule has 7 nitrogen and oxygen atoms in total. The molecule has 0 unspecified atom stereocenters. The molecule has 0 fully saturated rings. The Morgan fingerprint density at radius 2 is 1.81 bits per heavy atom. The van der Waals surface area contributed by atoms with Gasteiger partial charge >= 0.3 is 0 Å². The Bertz CT molecular complexity index is 1710. The molecule has 1 aliphatic rings. The molecular weight excluding hydrogens is 563 g/mol. The lowest BCUT2D eigenvalue weighted by molar-refractivity contribution is -0.119. The first-order valence-electron chi connectivity index (χ1n) is 14.6. The fraction of sp³-hybridized carbons (Fsp3) is 0.353. The number of carbonyl (C=O) groups excluding carboxylic acids is 1. The van der Waals surface area contributed by atoms with E-state index in [9.17, 15) is 17.6 Å². The van der Waals surface area contributed by atoms with E-state index >= 15 is 0 Å². The molecule has 43 heavy (non-hydrogen) atoms. The van der Waals surface area contributed by atoms with Gasteiger partial charge in [-0.05, 0) is 84.2 Å². The van der Waals surface area contributed by atoms with Crippen LogP contribution in [0.4, 0.5) is 10.1 Å². The van der Waals surface area contributed by atoms with Gasteiger partial charge in [-0.3, -0.25) is 4.79 Å². The van der Waals surface area contributed by atoms with Crippen molar-refractivity contribution in [3.63, 3.8) is 0 Å². The van der Waals surface area contributed by atoms with Crippen LogP contribution in [0.2, 0.25) is 0 Å². The summed E-state index contributed by atoms with van der Waals surface area (Å²) in [6.07, 6.45) is 5.19. The number of nitrogens with one attached hydrogen (secondary N) is 1. The predicted octanol–water partition coefficient (Wildman–Crippen LogP) is 6.69. The maximum atomic E-state index is 14.0. The van der Waals surface area contributed by atoms with Crippen molar-refractivity contribution in [3.05, 3.63) is 113 Å². The van der Waals surface area contributed by atoms with Gasteiger partial charge in [-0.1, -0.05) is 56.7 Å². The van der Waals surface area contributed by atoms with Crippen molar-refractivity contribution in [2.45, 2.75) is 75.8 Å². The lowest BCUT2D eigenvalue weighted by atomic mass is 9.71. The minimum Gasteiger partial charge on any atom is -0.337 e. The highest BCUT2D eigenvalue weighted by atomic mass is 32.2. The Morgan fingerprint density at radius 1 is 1.12 bits per heavy atom. The van der Waals surface area contributed by atoms with Crippen molar-refractivity contribution in [1.29, 1.82) is 0 Å². The Hall–Kier alpha value is -3.82. The maximum absolute atomic E-state index is 14.0. The monoisotopic (exact) mass is 602 g/mol. The summed E-state index contributed by atoms with van der Waals surface area (Å²) in [5.74, 6) is 0.162. The fourth-order valence-electron chi connectivity index (χ4n) is 5.81. The van der Waals surface area contributed by atoms with E-state index in [0.717, 1.165) is 34.5 Å². The molecule has 0 radical (unpaired) electrons. The summed E-state index contributed by atoms with van der Waals surface area (Å²) < 4.78 is 45.2. The van der Waals surface area contributed by atoms with Gasteiger partial charge in [0.15, 0.2) is 0 Å². The minimum atomic E-state index is -3.77. The highest BCUT2D eigenvalue weighted by Gasteiger charge is 2.35. The van der Waals surface area contributed by atoms with Crippen LogP contribution in [0.25, 0.3) is 0 Å². The molecule has 3 aromatic carbocycles. The number of nitrogens with zero attached hydrogens (tertiary/aromatic N) is 3.